The number of carbonyl (C=O) groups is 2. The number of hydrogen-bond donors (Lipinski definition) is 2. The maximum atomic E-state index is 12.6. The molecular weight excluding hydrogens is 454 g/mol. The first-order valence-corrected chi connectivity index (χ1v) is 12.7. The summed E-state index contributed by atoms with van der Waals surface area (Å²) >= 11 is 7.44. The standard InChI is InChI=1S/C26H30ClN3O2S/c1-17-11-18(2)16-30(15-17)10-4-9-28-25(31)20-7-8-23-22(14-20)29-26(32)24(33-23)13-19-5-3-6-21(27)12-19/h3,5-8,12-14,17-18H,4,9-11,15-16H2,1-2H3,(H,28,31)(H,29,32)/b24-13+/t17-,18-/m1/s1. The van der Waals surface area contributed by atoms with Crippen molar-refractivity contribution in [2.45, 2.75) is 31.6 Å². The number of benzene rings is 2. The highest BCUT2D eigenvalue weighted by molar-refractivity contribution is 8.04. The minimum absolute atomic E-state index is 0.113. The summed E-state index contributed by atoms with van der Waals surface area (Å²) in [6, 6.07) is 12.8. The maximum Gasteiger partial charge on any atom is 0.262 e. The average molecular weight is 484 g/mol. The first-order chi connectivity index (χ1) is 15.9. The van der Waals surface area contributed by atoms with Crippen molar-refractivity contribution in [3.63, 3.8) is 0 Å². The van der Waals surface area contributed by atoms with Gasteiger partial charge >= 0.3 is 0 Å². The fourth-order valence-electron chi connectivity index (χ4n) is 4.63. The summed E-state index contributed by atoms with van der Waals surface area (Å²) in [6.45, 7) is 8.57. The molecule has 7 heteroatoms. The predicted molar refractivity (Wildman–Crippen MR) is 137 cm³/mol. The lowest BCUT2D eigenvalue weighted by molar-refractivity contribution is -0.112. The number of rotatable bonds is 6. The number of amides is 2. The quantitative estimate of drug-likeness (QED) is 0.419. The van der Waals surface area contributed by atoms with Crippen LogP contribution in [0, 0.1) is 11.8 Å². The Morgan fingerprint density at radius 3 is 2.76 bits per heavy atom. The Balaban J connectivity index is 1.32. The maximum absolute atomic E-state index is 12.6. The first-order valence-electron chi connectivity index (χ1n) is 11.5. The van der Waals surface area contributed by atoms with Crippen LogP contribution in [0.3, 0.4) is 0 Å². The van der Waals surface area contributed by atoms with Gasteiger partial charge in [0.2, 0.25) is 0 Å². The number of piperidine rings is 1. The molecule has 0 aromatic heterocycles. The van der Waals surface area contributed by atoms with Gasteiger partial charge in [0.15, 0.2) is 0 Å². The fourth-order valence-corrected chi connectivity index (χ4v) is 5.76. The summed E-state index contributed by atoms with van der Waals surface area (Å²) < 4.78 is 0. The zero-order valence-corrected chi connectivity index (χ0v) is 20.6. The van der Waals surface area contributed by atoms with Gasteiger partial charge in [-0.3, -0.25) is 9.59 Å². The van der Waals surface area contributed by atoms with Gasteiger partial charge < -0.3 is 15.5 Å². The van der Waals surface area contributed by atoms with Gasteiger partial charge in [-0.15, -0.1) is 0 Å². The van der Waals surface area contributed by atoms with E-state index in [0.717, 1.165) is 48.3 Å². The second kappa shape index (κ2) is 10.8. The van der Waals surface area contributed by atoms with Crippen LogP contribution in [0.25, 0.3) is 6.08 Å². The third kappa shape index (κ3) is 6.40. The van der Waals surface area contributed by atoms with Crippen LogP contribution in [-0.4, -0.2) is 42.9 Å². The molecule has 0 bridgehead atoms. The Bertz CT molecular complexity index is 1060. The SMILES string of the molecule is C[C@@H]1C[C@@H](C)CN(CCCNC(=O)c2ccc3c(c2)NC(=O)/C(=C\c2cccc(Cl)c2)S3)C1. The van der Waals surface area contributed by atoms with Crippen molar-refractivity contribution in [2.75, 3.05) is 31.5 Å². The van der Waals surface area contributed by atoms with Gasteiger partial charge in [0.1, 0.15) is 0 Å². The van der Waals surface area contributed by atoms with Gasteiger partial charge in [-0.1, -0.05) is 49.3 Å². The van der Waals surface area contributed by atoms with Crippen molar-refractivity contribution >= 4 is 46.9 Å². The molecule has 0 saturated carbocycles. The number of thioether (sulfide) groups is 1. The molecule has 0 radical (unpaired) electrons. The van der Waals surface area contributed by atoms with Crippen molar-refractivity contribution in [3.05, 3.63) is 63.5 Å². The normalized spacial score (nSPS) is 22.0. The molecule has 0 spiro atoms. The summed E-state index contributed by atoms with van der Waals surface area (Å²) in [7, 11) is 0. The summed E-state index contributed by atoms with van der Waals surface area (Å²) in [4.78, 5) is 29.2. The van der Waals surface area contributed by atoms with Crippen LogP contribution in [-0.2, 0) is 4.79 Å². The second-order valence-corrected chi connectivity index (χ2v) is 10.7. The van der Waals surface area contributed by atoms with Gasteiger partial charge in [0, 0.05) is 35.1 Å². The number of carbonyl (C=O) groups excluding carboxylic acids is 2. The smallest absolute Gasteiger partial charge is 0.262 e. The highest BCUT2D eigenvalue weighted by Gasteiger charge is 2.23. The highest BCUT2D eigenvalue weighted by atomic mass is 35.5. The van der Waals surface area contributed by atoms with Crippen LogP contribution < -0.4 is 10.6 Å². The highest BCUT2D eigenvalue weighted by Crippen LogP contribution is 2.39. The molecule has 174 valence electrons. The summed E-state index contributed by atoms with van der Waals surface area (Å²) in [5.41, 5.74) is 2.09. The van der Waals surface area contributed by atoms with E-state index in [2.05, 4.69) is 29.4 Å². The van der Waals surface area contributed by atoms with E-state index in [1.54, 1.807) is 12.1 Å². The Morgan fingerprint density at radius 1 is 1.21 bits per heavy atom. The molecule has 2 aromatic rings. The van der Waals surface area contributed by atoms with Crippen LogP contribution in [0.2, 0.25) is 5.02 Å². The van der Waals surface area contributed by atoms with Gasteiger partial charge in [0.05, 0.1) is 10.6 Å². The molecule has 33 heavy (non-hydrogen) atoms. The van der Waals surface area contributed by atoms with E-state index < -0.39 is 0 Å². The van der Waals surface area contributed by atoms with Crippen molar-refractivity contribution < 1.29 is 9.59 Å². The molecule has 1 saturated heterocycles. The number of likely N-dealkylation sites (tertiary alicyclic amines) is 1. The van der Waals surface area contributed by atoms with Gasteiger partial charge in [-0.25, -0.2) is 0 Å². The minimum Gasteiger partial charge on any atom is -0.352 e. The van der Waals surface area contributed by atoms with E-state index in [-0.39, 0.29) is 11.8 Å². The van der Waals surface area contributed by atoms with E-state index in [1.807, 2.05) is 36.4 Å². The predicted octanol–water partition coefficient (Wildman–Crippen LogP) is 5.52. The molecule has 4 rings (SSSR count). The van der Waals surface area contributed by atoms with Crippen LogP contribution >= 0.6 is 23.4 Å². The second-order valence-electron chi connectivity index (χ2n) is 9.15. The Kier molecular flexibility index (Phi) is 7.78. The van der Waals surface area contributed by atoms with E-state index in [4.69, 9.17) is 11.6 Å². The number of halogens is 1. The van der Waals surface area contributed by atoms with E-state index in [1.165, 1.54) is 18.2 Å². The van der Waals surface area contributed by atoms with Crippen LogP contribution in [0.15, 0.2) is 52.3 Å². The van der Waals surface area contributed by atoms with Gasteiger partial charge in [0.25, 0.3) is 11.8 Å². The lowest BCUT2D eigenvalue weighted by Gasteiger charge is -2.34. The minimum atomic E-state index is -0.185. The van der Waals surface area contributed by atoms with Crippen molar-refractivity contribution in [1.82, 2.24) is 10.2 Å². The van der Waals surface area contributed by atoms with E-state index in [9.17, 15) is 9.59 Å². The average Bonchev–Trinajstić information content (AvgIpc) is 2.76. The molecule has 0 unspecified atom stereocenters. The molecule has 2 atom stereocenters. The van der Waals surface area contributed by atoms with Gasteiger partial charge in [-0.2, -0.15) is 0 Å². The zero-order valence-electron chi connectivity index (χ0n) is 19.1. The third-order valence-electron chi connectivity index (χ3n) is 5.96. The molecule has 2 amide bonds. The third-order valence-corrected chi connectivity index (χ3v) is 7.30. The van der Waals surface area contributed by atoms with Crippen LogP contribution in [0.5, 0.6) is 0 Å². The van der Waals surface area contributed by atoms with E-state index >= 15 is 0 Å². The number of anilines is 1. The van der Waals surface area contributed by atoms with Gasteiger partial charge in [-0.05, 0) is 73.2 Å². The lowest BCUT2D eigenvalue weighted by atomic mass is 9.92. The molecule has 0 aliphatic carbocycles. The number of hydrogen-bond acceptors (Lipinski definition) is 4. The van der Waals surface area contributed by atoms with E-state index in [0.29, 0.717) is 27.7 Å². The molecule has 2 aliphatic rings. The Hall–Kier alpha value is -2.28. The summed E-state index contributed by atoms with van der Waals surface area (Å²) in [5, 5.41) is 6.55. The largest absolute Gasteiger partial charge is 0.352 e. The molecule has 1 fully saturated rings. The first kappa shape index (κ1) is 23.9. The molecule has 2 heterocycles. The molecule has 2 aromatic carbocycles. The van der Waals surface area contributed by atoms with Crippen molar-refractivity contribution in [3.8, 4) is 0 Å². The Morgan fingerprint density at radius 2 is 2.00 bits per heavy atom. The van der Waals surface area contributed by atoms with Crippen LogP contribution in [0.4, 0.5) is 5.69 Å². The number of nitrogens with one attached hydrogen (secondary N) is 2. The molecule has 5 nitrogen and oxygen atoms in total. The topological polar surface area (TPSA) is 61.4 Å². The summed E-state index contributed by atoms with van der Waals surface area (Å²) in [5.74, 6) is 1.19. The summed E-state index contributed by atoms with van der Waals surface area (Å²) in [6.07, 6.45) is 4.05. The van der Waals surface area contributed by atoms with Crippen LogP contribution in [0.1, 0.15) is 42.6 Å². The lowest BCUT2D eigenvalue weighted by Crippen LogP contribution is -2.40. The van der Waals surface area contributed by atoms with Crippen molar-refractivity contribution in [2.24, 2.45) is 11.8 Å². The molecular formula is C26H30ClN3O2S. The molecule has 2 N–H and O–H groups in total. The number of fused-ring (bicyclic) bond motifs is 1. The van der Waals surface area contributed by atoms with Crippen molar-refractivity contribution in [1.29, 1.82) is 0 Å². The fraction of sp³-hybridized carbons (Fsp3) is 0.385. The Labute approximate surface area is 205 Å². The monoisotopic (exact) mass is 483 g/mol. The zero-order chi connectivity index (χ0) is 23.4. The molecule has 2 aliphatic heterocycles. The number of nitrogens with zero attached hydrogens (tertiary/aromatic N) is 1.